The van der Waals surface area contributed by atoms with Gasteiger partial charge in [0.15, 0.2) is 9.84 Å². The van der Waals surface area contributed by atoms with Crippen molar-refractivity contribution >= 4 is 27.1 Å². The normalized spacial score (nSPS) is 11.5. The van der Waals surface area contributed by atoms with Gasteiger partial charge in [0.1, 0.15) is 0 Å². The predicted molar refractivity (Wildman–Crippen MR) is 83.0 cm³/mol. The number of hydrogen-bond acceptors (Lipinski definition) is 4. The lowest BCUT2D eigenvalue weighted by atomic mass is 10.1. The van der Waals surface area contributed by atoms with Crippen LogP contribution in [-0.2, 0) is 16.3 Å². The molecule has 0 amide bonds. The highest BCUT2D eigenvalue weighted by atomic mass is 32.2. The minimum absolute atomic E-state index is 0.00722. The van der Waals surface area contributed by atoms with E-state index in [-0.39, 0.29) is 16.2 Å². The summed E-state index contributed by atoms with van der Waals surface area (Å²) in [6, 6.07) is 6.53. The molecule has 0 fully saturated rings. The van der Waals surface area contributed by atoms with Crippen LogP contribution in [0.15, 0.2) is 34.5 Å². The molecule has 112 valence electrons. The Morgan fingerprint density at radius 1 is 1.29 bits per heavy atom. The largest absolute Gasteiger partial charge is 0.478 e. The highest BCUT2D eigenvalue weighted by molar-refractivity contribution is 7.91. The molecule has 1 N–H and O–H groups in total. The van der Waals surface area contributed by atoms with Crippen molar-refractivity contribution in [3.8, 4) is 0 Å². The molecule has 0 aliphatic heterocycles. The Balaban J connectivity index is 2.37. The third-order valence-corrected chi connectivity index (χ3v) is 6.17. The van der Waals surface area contributed by atoms with Gasteiger partial charge in [0.2, 0.25) is 0 Å². The van der Waals surface area contributed by atoms with E-state index in [4.69, 9.17) is 5.11 Å². The van der Waals surface area contributed by atoms with E-state index in [2.05, 4.69) is 0 Å². The summed E-state index contributed by atoms with van der Waals surface area (Å²) in [7, 11) is -3.50. The monoisotopic (exact) mass is 324 g/mol. The van der Waals surface area contributed by atoms with Crippen molar-refractivity contribution in [1.82, 2.24) is 0 Å². The van der Waals surface area contributed by atoms with Crippen LogP contribution in [0.1, 0.15) is 26.4 Å². The third-order valence-electron chi connectivity index (χ3n) is 3.40. The lowest BCUT2D eigenvalue weighted by Gasteiger charge is -2.11. The van der Waals surface area contributed by atoms with Crippen molar-refractivity contribution in [2.45, 2.75) is 25.2 Å². The minimum atomic E-state index is -3.50. The molecule has 1 heterocycles. The van der Waals surface area contributed by atoms with E-state index < -0.39 is 15.8 Å². The van der Waals surface area contributed by atoms with Crippen LogP contribution in [0.2, 0.25) is 0 Å². The molecule has 4 nitrogen and oxygen atoms in total. The van der Waals surface area contributed by atoms with Crippen molar-refractivity contribution in [3.05, 3.63) is 51.2 Å². The minimum Gasteiger partial charge on any atom is -0.478 e. The first-order chi connectivity index (χ1) is 9.81. The molecule has 1 aromatic heterocycles. The molecule has 21 heavy (non-hydrogen) atoms. The highest BCUT2D eigenvalue weighted by Gasteiger charge is 2.21. The molecular weight excluding hydrogens is 308 g/mol. The van der Waals surface area contributed by atoms with Gasteiger partial charge >= 0.3 is 5.97 Å². The maximum Gasteiger partial charge on any atom is 0.335 e. The quantitative estimate of drug-likeness (QED) is 0.917. The van der Waals surface area contributed by atoms with Gasteiger partial charge in [-0.15, -0.1) is 11.3 Å². The van der Waals surface area contributed by atoms with Crippen LogP contribution < -0.4 is 0 Å². The number of carbonyl (C=O) groups is 1. The summed E-state index contributed by atoms with van der Waals surface area (Å²) in [5.74, 6) is -1.13. The number of hydrogen-bond donors (Lipinski definition) is 1. The number of benzene rings is 1. The van der Waals surface area contributed by atoms with E-state index in [0.717, 1.165) is 4.88 Å². The zero-order valence-corrected chi connectivity index (χ0v) is 13.4. The van der Waals surface area contributed by atoms with E-state index >= 15 is 0 Å². The molecule has 0 spiro atoms. The van der Waals surface area contributed by atoms with Crippen molar-refractivity contribution in [2.24, 2.45) is 0 Å². The van der Waals surface area contributed by atoms with E-state index in [1.807, 2.05) is 17.5 Å². The smallest absolute Gasteiger partial charge is 0.335 e. The van der Waals surface area contributed by atoms with E-state index in [9.17, 15) is 13.2 Å². The van der Waals surface area contributed by atoms with Crippen molar-refractivity contribution in [2.75, 3.05) is 5.75 Å². The molecule has 0 aliphatic carbocycles. The van der Waals surface area contributed by atoms with Crippen molar-refractivity contribution in [1.29, 1.82) is 0 Å². The molecule has 0 saturated heterocycles. The highest BCUT2D eigenvalue weighted by Crippen LogP contribution is 2.23. The average Bonchev–Trinajstić information content (AvgIpc) is 2.92. The molecule has 6 heteroatoms. The topological polar surface area (TPSA) is 71.4 Å². The Labute approximate surface area is 128 Å². The van der Waals surface area contributed by atoms with Crippen molar-refractivity contribution in [3.63, 3.8) is 0 Å². The molecule has 0 radical (unpaired) electrons. The van der Waals surface area contributed by atoms with Crippen molar-refractivity contribution < 1.29 is 18.3 Å². The van der Waals surface area contributed by atoms with Crippen LogP contribution in [-0.4, -0.2) is 25.2 Å². The summed E-state index contributed by atoms with van der Waals surface area (Å²) in [4.78, 5) is 12.2. The van der Waals surface area contributed by atoms with Gasteiger partial charge in [0.05, 0.1) is 16.2 Å². The van der Waals surface area contributed by atoms with E-state index in [1.165, 1.54) is 23.5 Å². The second-order valence-corrected chi connectivity index (χ2v) is 7.98. The maximum absolute atomic E-state index is 12.5. The summed E-state index contributed by atoms with van der Waals surface area (Å²) in [6.07, 6.45) is 0.440. The molecule has 2 rings (SSSR count). The van der Waals surface area contributed by atoms with Crippen LogP contribution >= 0.6 is 11.3 Å². The Morgan fingerprint density at radius 3 is 2.57 bits per heavy atom. The average molecular weight is 324 g/mol. The molecule has 2 aromatic rings. The van der Waals surface area contributed by atoms with E-state index in [1.54, 1.807) is 13.8 Å². The number of carboxylic acid groups (broad SMARTS) is 1. The fourth-order valence-corrected chi connectivity index (χ4v) is 4.55. The summed E-state index contributed by atoms with van der Waals surface area (Å²) in [5.41, 5.74) is 1.29. The lowest BCUT2D eigenvalue weighted by molar-refractivity contribution is 0.0696. The predicted octanol–water partition coefficient (Wildman–Crippen LogP) is 3.08. The van der Waals surface area contributed by atoms with E-state index in [0.29, 0.717) is 17.5 Å². The Bertz CT molecular complexity index is 759. The fourth-order valence-electron chi connectivity index (χ4n) is 2.07. The molecule has 0 atom stereocenters. The van der Waals surface area contributed by atoms with Gasteiger partial charge in [-0.25, -0.2) is 13.2 Å². The Morgan fingerprint density at radius 2 is 2.00 bits per heavy atom. The van der Waals surface area contributed by atoms with Crippen LogP contribution in [0.5, 0.6) is 0 Å². The Hall–Kier alpha value is -1.66. The van der Waals surface area contributed by atoms with Gasteiger partial charge in [-0.1, -0.05) is 6.07 Å². The second kappa shape index (κ2) is 5.99. The summed E-state index contributed by atoms with van der Waals surface area (Å²) < 4.78 is 25.0. The standard InChI is InChI=1S/C15H16O4S2/c1-10-8-12(15(16)17)9-14(11(10)2)21(18,19)7-5-13-4-3-6-20-13/h3-4,6,8-9H,5,7H2,1-2H3,(H,16,17). The molecule has 0 aliphatic rings. The van der Waals surface area contributed by atoms with Gasteiger partial charge in [-0.05, 0) is 55.0 Å². The number of sulfone groups is 1. The maximum atomic E-state index is 12.5. The van der Waals surface area contributed by atoms with Gasteiger partial charge < -0.3 is 5.11 Å². The molecule has 0 saturated carbocycles. The first-order valence-corrected chi connectivity index (χ1v) is 8.94. The molecule has 0 unspecified atom stereocenters. The number of carboxylic acids is 1. The van der Waals surface area contributed by atoms with Crippen LogP contribution in [0.3, 0.4) is 0 Å². The number of aryl methyl sites for hydroxylation is 2. The first-order valence-electron chi connectivity index (χ1n) is 6.41. The molecule has 0 bridgehead atoms. The van der Waals surface area contributed by atoms with Crippen LogP contribution in [0.4, 0.5) is 0 Å². The van der Waals surface area contributed by atoms with Gasteiger partial charge in [0.25, 0.3) is 0 Å². The Kier molecular flexibility index (Phi) is 4.49. The second-order valence-electron chi connectivity index (χ2n) is 4.87. The van der Waals surface area contributed by atoms with Gasteiger partial charge in [0, 0.05) is 4.88 Å². The van der Waals surface area contributed by atoms with Gasteiger partial charge in [-0.3, -0.25) is 0 Å². The van der Waals surface area contributed by atoms with Gasteiger partial charge in [-0.2, -0.15) is 0 Å². The summed E-state index contributed by atoms with van der Waals surface area (Å²) >= 11 is 1.52. The zero-order chi connectivity index (χ0) is 15.6. The lowest BCUT2D eigenvalue weighted by Crippen LogP contribution is -2.12. The number of rotatable bonds is 5. The number of thiophene rings is 1. The number of aromatic carboxylic acids is 1. The molecule has 1 aromatic carbocycles. The summed E-state index contributed by atoms with van der Waals surface area (Å²) in [6.45, 7) is 3.43. The third kappa shape index (κ3) is 3.51. The first kappa shape index (κ1) is 15.7. The zero-order valence-electron chi connectivity index (χ0n) is 11.8. The molecular formula is C15H16O4S2. The fraction of sp³-hybridized carbons (Fsp3) is 0.267. The van der Waals surface area contributed by atoms with Crippen LogP contribution in [0, 0.1) is 13.8 Å². The SMILES string of the molecule is Cc1cc(C(=O)O)cc(S(=O)(=O)CCc2cccs2)c1C. The summed E-state index contributed by atoms with van der Waals surface area (Å²) in [5, 5.41) is 11.0. The van der Waals surface area contributed by atoms with Crippen LogP contribution in [0.25, 0.3) is 0 Å².